The second-order valence-electron chi connectivity index (χ2n) is 5.85. The summed E-state index contributed by atoms with van der Waals surface area (Å²) in [7, 11) is 1.54. The summed E-state index contributed by atoms with van der Waals surface area (Å²) in [6, 6.07) is 15.4. The maximum atomic E-state index is 12.5. The van der Waals surface area contributed by atoms with Crippen molar-refractivity contribution in [3.63, 3.8) is 0 Å². The molecule has 3 rings (SSSR count). The van der Waals surface area contributed by atoms with E-state index in [2.05, 4.69) is 5.32 Å². The number of nitrogens with one attached hydrogen (secondary N) is 1. The van der Waals surface area contributed by atoms with Crippen LogP contribution in [0.4, 0.5) is 5.69 Å². The molecule has 1 aliphatic carbocycles. The van der Waals surface area contributed by atoms with Crippen LogP contribution in [0.2, 0.25) is 0 Å². The third-order valence-electron chi connectivity index (χ3n) is 4.31. The Bertz CT molecular complexity index is 840. The monoisotopic (exact) mass is 337 g/mol. The number of anilines is 1. The Kier molecular flexibility index (Phi) is 4.84. The van der Waals surface area contributed by atoms with Gasteiger partial charge >= 0.3 is 5.97 Å². The van der Waals surface area contributed by atoms with E-state index in [0.717, 1.165) is 11.1 Å². The lowest BCUT2D eigenvalue weighted by molar-refractivity contribution is -0.133. The SMILES string of the molecule is COc1cc(-c2ccccc2)ccc1NC(=O)C1=C(C(=O)O)CCC1. The van der Waals surface area contributed by atoms with Crippen LogP contribution in [0.1, 0.15) is 19.3 Å². The zero-order valence-corrected chi connectivity index (χ0v) is 13.9. The minimum atomic E-state index is -1.02. The molecule has 0 aromatic heterocycles. The van der Waals surface area contributed by atoms with E-state index in [-0.39, 0.29) is 11.5 Å². The van der Waals surface area contributed by atoms with Crippen LogP contribution in [0.15, 0.2) is 59.7 Å². The molecule has 2 aromatic carbocycles. The minimum Gasteiger partial charge on any atom is -0.495 e. The molecule has 0 fully saturated rings. The minimum absolute atomic E-state index is 0.206. The number of rotatable bonds is 5. The Balaban J connectivity index is 1.87. The molecular formula is C20H19NO4. The van der Waals surface area contributed by atoms with Gasteiger partial charge in [-0.25, -0.2) is 4.79 Å². The van der Waals surface area contributed by atoms with Gasteiger partial charge in [0.25, 0.3) is 5.91 Å². The number of amides is 1. The zero-order chi connectivity index (χ0) is 17.8. The van der Waals surface area contributed by atoms with Crippen LogP contribution >= 0.6 is 0 Å². The highest BCUT2D eigenvalue weighted by Gasteiger charge is 2.25. The van der Waals surface area contributed by atoms with Crippen molar-refractivity contribution in [3.8, 4) is 16.9 Å². The predicted octanol–water partition coefficient (Wildman–Crippen LogP) is 3.87. The lowest BCUT2D eigenvalue weighted by Gasteiger charge is -2.13. The second kappa shape index (κ2) is 7.21. The van der Waals surface area contributed by atoms with Crippen LogP contribution < -0.4 is 10.1 Å². The molecule has 5 nitrogen and oxygen atoms in total. The van der Waals surface area contributed by atoms with Gasteiger partial charge in [0.2, 0.25) is 0 Å². The first kappa shape index (κ1) is 16.8. The van der Waals surface area contributed by atoms with Gasteiger partial charge in [-0.1, -0.05) is 36.4 Å². The summed E-state index contributed by atoms with van der Waals surface area (Å²) in [6.07, 6.45) is 1.61. The maximum Gasteiger partial charge on any atom is 0.332 e. The summed E-state index contributed by atoms with van der Waals surface area (Å²) in [5, 5.41) is 12.0. The average Bonchev–Trinajstić information content (AvgIpc) is 3.13. The van der Waals surface area contributed by atoms with Gasteiger partial charge in [-0.15, -0.1) is 0 Å². The number of aliphatic carboxylic acids is 1. The molecular weight excluding hydrogens is 318 g/mol. The lowest BCUT2D eigenvalue weighted by atomic mass is 10.0. The molecule has 128 valence electrons. The molecule has 2 aromatic rings. The highest BCUT2D eigenvalue weighted by Crippen LogP contribution is 2.32. The van der Waals surface area contributed by atoms with E-state index in [1.165, 1.54) is 7.11 Å². The van der Waals surface area contributed by atoms with Crippen molar-refractivity contribution in [2.24, 2.45) is 0 Å². The van der Waals surface area contributed by atoms with Gasteiger partial charge in [0.1, 0.15) is 5.75 Å². The molecule has 1 aliphatic rings. The van der Waals surface area contributed by atoms with Crippen molar-refractivity contribution in [1.29, 1.82) is 0 Å². The fourth-order valence-electron chi connectivity index (χ4n) is 3.03. The first-order valence-corrected chi connectivity index (χ1v) is 8.10. The van der Waals surface area contributed by atoms with Crippen LogP contribution in [0.5, 0.6) is 5.75 Å². The maximum absolute atomic E-state index is 12.5. The van der Waals surface area contributed by atoms with Crippen LogP contribution in [-0.2, 0) is 9.59 Å². The molecule has 0 heterocycles. The van der Waals surface area contributed by atoms with E-state index in [9.17, 15) is 14.7 Å². The van der Waals surface area contributed by atoms with Gasteiger partial charge in [-0.2, -0.15) is 0 Å². The number of carbonyl (C=O) groups excluding carboxylic acids is 1. The summed E-state index contributed by atoms with van der Waals surface area (Å²) >= 11 is 0. The number of carbonyl (C=O) groups is 2. The molecule has 0 saturated carbocycles. The van der Waals surface area contributed by atoms with Crippen molar-refractivity contribution < 1.29 is 19.4 Å². The van der Waals surface area contributed by atoms with Crippen molar-refractivity contribution in [2.45, 2.75) is 19.3 Å². The molecule has 0 saturated heterocycles. The largest absolute Gasteiger partial charge is 0.495 e. The van der Waals surface area contributed by atoms with Crippen molar-refractivity contribution in [1.82, 2.24) is 0 Å². The highest BCUT2D eigenvalue weighted by atomic mass is 16.5. The van der Waals surface area contributed by atoms with E-state index in [4.69, 9.17) is 4.74 Å². The molecule has 0 spiro atoms. The molecule has 0 atom stereocenters. The van der Waals surface area contributed by atoms with Crippen LogP contribution in [0.25, 0.3) is 11.1 Å². The predicted molar refractivity (Wildman–Crippen MR) is 95.6 cm³/mol. The molecule has 0 unspecified atom stereocenters. The molecule has 2 N–H and O–H groups in total. The smallest absolute Gasteiger partial charge is 0.332 e. The fraction of sp³-hybridized carbons (Fsp3) is 0.200. The lowest BCUT2D eigenvalue weighted by Crippen LogP contribution is -2.16. The average molecular weight is 337 g/mol. The van der Waals surface area contributed by atoms with Gasteiger partial charge in [0, 0.05) is 11.1 Å². The van der Waals surface area contributed by atoms with Gasteiger partial charge in [0.05, 0.1) is 12.8 Å². The van der Waals surface area contributed by atoms with Crippen molar-refractivity contribution >= 4 is 17.6 Å². The summed E-state index contributed by atoms with van der Waals surface area (Å²) in [4.78, 5) is 23.7. The van der Waals surface area contributed by atoms with Gasteiger partial charge in [0.15, 0.2) is 0 Å². The van der Waals surface area contributed by atoms with Gasteiger partial charge in [-0.3, -0.25) is 4.79 Å². The number of benzene rings is 2. The summed E-state index contributed by atoms with van der Waals surface area (Å²) in [6.45, 7) is 0. The molecule has 25 heavy (non-hydrogen) atoms. The molecule has 5 heteroatoms. The third kappa shape index (κ3) is 3.55. The number of carboxylic acid groups (broad SMARTS) is 1. The highest BCUT2D eigenvalue weighted by molar-refractivity contribution is 6.09. The number of carboxylic acids is 1. The Morgan fingerprint density at radius 3 is 2.40 bits per heavy atom. The third-order valence-corrected chi connectivity index (χ3v) is 4.31. The Labute approximate surface area is 145 Å². The van der Waals surface area contributed by atoms with Gasteiger partial charge < -0.3 is 15.2 Å². The van der Waals surface area contributed by atoms with E-state index in [0.29, 0.717) is 36.3 Å². The molecule has 0 aliphatic heterocycles. The summed E-state index contributed by atoms with van der Waals surface area (Å²) < 4.78 is 5.40. The Hall–Kier alpha value is -3.08. The van der Waals surface area contributed by atoms with Crippen molar-refractivity contribution in [3.05, 3.63) is 59.7 Å². The quantitative estimate of drug-likeness (QED) is 0.868. The topological polar surface area (TPSA) is 75.6 Å². The Morgan fingerprint density at radius 2 is 1.72 bits per heavy atom. The van der Waals surface area contributed by atoms with Gasteiger partial charge in [-0.05, 0) is 42.5 Å². The normalized spacial score (nSPS) is 13.6. The number of methoxy groups -OCH3 is 1. The first-order chi connectivity index (χ1) is 12.1. The van der Waals surface area contributed by atoms with E-state index >= 15 is 0 Å². The van der Waals surface area contributed by atoms with Crippen LogP contribution in [0.3, 0.4) is 0 Å². The van der Waals surface area contributed by atoms with E-state index < -0.39 is 5.97 Å². The van der Waals surface area contributed by atoms with E-state index in [1.54, 1.807) is 6.07 Å². The zero-order valence-electron chi connectivity index (χ0n) is 13.9. The van der Waals surface area contributed by atoms with E-state index in [1.807, 2.05) is 42.5 Å². The summed E-state index contributed by atoms with van der Waals surface area (Å²) in [5.41, 5.74) is 3.10. The summed E-state index contributed by atoms with van der Waals surface area (Å²) in [5.74, 6) is -0.861. The number of hydrogen-bond acceptors (Lipinski definition) is 3. The fourth-order valence-corrected chi connectivity index (χ4v) is 3.03. The second-order valence-corrected chi connectivity index (χ2v) is 5.85. The Morgan fingerprint density at radius 1 is 1.00 bits per heavy atom. The molecule has 0 bridgehead atoms. The molecule has 0 radical (unpaired) electrons. The number of hydrogen-bond donors (Lipinski definition) is 2. The van der Waals surface area contributed by atoms with Crippen molar-refractivity contribution in [2.75, 3.05) is 12.4 Å². The molecule has 1 amide bonds. The van der Waals surface area contributed by atoms with Crippen LogP contribution in [0, 0.1) is 0 Å². The standard InChI is InChI=1S/C20H19NO4/c1-25-18-12-14(13-6-3-2-4-7-13)10-11-17(18)21-19(22)15-8-5-9-16(15)20(23)24/h2-4,6-7,10-12H,5,8-9H2,1H3,(H,21,22)(H,23,24). The first-order valence-electron chi connectivity index (χ1n) is 8.10. The van der Waals surface area contributed by atoms with Crippen LogP contribution in [-0.4, -0.2) is 24.1 Å². The number of ether oxygens (including phenoxy) is 1.